The van der Waals surface area contributed by atoms with Crippen LogP contribution in [0.3, 0.4) is 0 Å². The molecule has 0 aliphatic heterocycles. The third kappa shape index (κ3) is 6.92. The maximum atomic E-state index is 6.05. The second kappa shape index (κ2) is 5.72. The van der Waals surface area contributed by atoms with Crippen molar-refractivity contribution in [3.05, 3.63) is 0 Å². The molecule has 0 spiro atoms. The molecule has 0 bridgehead atoms. The van der Waals surface area contributed by atoms with Gasteiger partial charge in [-0.25, -0.2) is 0 Å². The highest BCUT2D eigenvalue weighted by atomic mass is 79.9. The molecule has 0 unspecified atom stereocenters. The minimum atomic E-state index is -0.0326. The lowest BCUT2D eigenvalue weighted by Crippen LogP contribution is -2.37. The molecular weight excluding hydrogens is 296 g/mol. The highest BCUT2D eigenvalue weighted by Crippen LogP contribution is 2.26. The predicted octanol–water partition coefficient (Wildman–Crippen LogP) is 4.13. The van der Waals surface area contributed by atoms with Crippen molar-refractivity contribution in [2.24, 2.45) is 0 Å². The van der Waals surface area contributed by atoms with E-state index in [9.17, 15) is 0 Å². The van der Waals surface area contributed by atoms with Crippen LogP contribution >= 0.6 is 31.9 Å². The van der Waals surface area contributed by atoms with E-state index >= 15 is 0 Å². The van der Waals surface area contributed by atoms with Crippen molar-refractivity contribution in [2.75, 3.05) is 10.7 Å². The standard InChI is InChI=1S/C10H20Br2O/c1-9(2,5-7-11)13-10(3,4)6-8-12/h5-8H2,1-4H3. The maximum absolute atomic E-state index is 6.05. The Balaban J connectivity index is 4.07. The summed E-state index contributed by atoms with van der Waals surface area (Å²) in [5.74, 6) is 0. The largest absolute Gasteiger partial charge is 0.370 e. The third-order valence-corrected chi connectivity index (χ3v) is 2.74. The second-order valence-corrected chi connectivity index (χ2v) is 6.09. The van der Waals surface area contributed by atoms with E-state index in [1.54, 1.807) is 0 Å². The summed E-state index contributed by atoms with van der Waals surface area (Å²) in [6, 6.07) is 0. The highest BCUT2D eigenvalue weighted by molar-refractivity contribution is 9.09. The van der Waals surface area contributed by atoms with Crippen LogP contribution in [-0.2, 0) is 4.74 Å². The van der Waals surface area contributed by atoms with Crippen LogP contribution in [0.25, 0.3) is 0 Å². The van der Waals surface area contributed by atoms with Gasteiger partial charge < -0.3 is 4.74 Å². The van der Waals surface area contributed by atoms with Crippen molar-refractivity contribution in [3.8, 4) is 0 Å². The average Bonchev–Trinajstić information content (AvgIpc) is 1.82. The SMILES string of the molecule is CC(C)(CCBr)OC(C)(C)CCBr. The number of halogens is 2. The lowest BCUT2D eigenvalue weighted by Gasteiger charge is -2.35. The summed E-state index contributed by atoms with van der Waals surface area (Å²) in [4.78, 5) is 0. The van der Waals surface area contributed by atoms with Crippen LogP contribution in [0.5, 0.6) is 0 Å². The Labute approximate surface area is 98.9 Å². The molecule has 0 aromatic heterocycles. The van der Waals surface area contributed by atoms with Crippen molar-refractivity contribution in [1.29, 1.82) is 0 Å². The molecule has 0 aliphatic carbocycles. The molecule has 0 aromatic carbocycles. The molecule has 0 heterocycles. The number of hydrogen-bond acceptors (Lipinski definition) is 1. The van der Waals surface area contributed by atoms with E-state index in [-0.39, 0.29) is 11.2 Å². The molecule has 0 radical (unpaired) electrons. The lowest BCUT2D eigenvalue weighted by atomic mass is 10.0. The Hall–Kier alpha value is 0.920. The Kier molecular flexibility index (Phi) is 6.12. The number of hydrogen-bond donors (Lipinski definition) is 0. The van der Waals surface area contributed by atoms with Gasteiger partial charge in [-0.2, -0.15) is 0 Å². The van der Waals surface area contributed by atoms with Crippen LogP contribution in [0, 0.1) is 0 Å². The average molecular weight is 316 g/mol. The number of rotatable bonds is 6. The summed E-state index contributed by atoms with van der Waals surface area (Å²) in [6.07, 6.45) is 2.08. The minimum absolute atomic E-state index is 0.0326. The lowest BCUT2D eigenvalue weighted by molar-refractivity contribution is -0.123. The van der Waals surface area contributed by atoms with E-state index in [0.29, 0.717) is 0 Å². The first-order chi connectivity index (χ1) is 5.83. The van der Waals surface area contributed by atoms with Crippen molar-refractivity contribution >= 4 is 31.9 Å². The van der Waals surface area contributed by atoms with Gasteiger partial charge in [0, 0.05) is 10.7 Å². The molecule has 80 valence electrons. The van der Waals surface area contributed by atoms with Crippen LogP contribution in [0.2, 0.25) is 0 Å². The predicted molar refractivity (Wildman–Crippen MR) is 66.1 cm³/mol. The Morgan fingerprint density at radius 2 is 1.15 bits per heavy atom. The molecule has 0 aliphatic rings. The van der Waals surface area contributed by atoms with Gasteiger partial charge in [-0.15, -0.1) is 0 Å². The first-order valence-corrected chi connectivity index (χ1v) is 6.89. The van der Waals surface area contributed by atoms with Crippen molar-refractivity contribution < 1.29 is 4.74 Å². The van der Waals surface area contributed by atoms with E-state index in [4.69, 9.17) is 4.74 Å². The smallest absolute Gasteiger partial charge is 0.0641 e. The minimum Gasteiger partial charge on any atom is -0.370 e. The molecule has 13 heavy (non-hydrogen) atoms. The Morgan fingerprint density at radius 1 is 0.846 bits per heavy atom. The van der Waals surface area contributed by atoms with E-state index < -0.39 is 0 Å². The highest BCUT2D eigenvalue weighted by Gasteiger charge is 2.27. The first-order valence-electron chi connectivity index (χ1n) is 4.65. The zero-order valence-corrected chi connectivity index (χ0v) is 12.2. The summed E-state index contributed by atoms with van der Waals surface area (Å²) in [6.45, 7) is 8.57. The molecule has 0 fully saturated rings. The molecule has 3 heteroatoms. The Morgan fingerprint density at radius 3 is 1.38 bits per heavy atom. The van der Waals surface area contributed by atoms with Crippen molar-refractivity contribution in [2.45, 2.75) is 51.7 Å². The van der Waals surface area contributed by atoms with Gasteiger partial charge in [0.25, 0.3) is 0 Å². The monoisotopic (exact) mass is 314 g/mol. The molecule has 0 aromatic rings. The van der Waals surface area contributed by atoms with E-state index in [1.165, 1.54) is 0 Å². The molecule has 1 nitrogen and oxygen atoms in total. The van der Waals surface area contributed by atoms with Gasteiger partial charge in [-0.05, 0) is 40.5 Å². The molecule has 0 atom stereocenters. The molecule has 0 N–H and O–H groups in total. The van der Waals surface area contributed by atoms with E-state index in [0.717, 1.165) is 23.5 Å². The molecule has 0 amide bonds. The summed E-state index contributed by atoms with van der Waals surface area (Å²) in [7, 11) is 0. The zero-order valence-electron chi connectivity index (χ0n) is 8.99. The molecule has 0 saturated carbocycles. The molecule has 0 rings (SSSR count). The van der Waals surface area contributed by atoms with Crippen LogP contribution in [0.15, 0.2) is 0 Å². The van der Waals surface area contributed by atoms with Crippen LogP contribution in [-0.4, -0.2) is 21.9 Å². The normalized spacial score (nSPS) is 13.4. The summed E-state index contributed by atoms with van der Waals surface area (Å²) >= 11 is 6.88. The van der Waals surface area contributed by atoms with Gasteiger partial charge in [-0.3, -0.25) is 0 Å². The van der Waals surface area contributed by atoms with Gasteiger partial charge in [0.2, 0.25) is 0 Å². The van der Waals surface area contributed by atoms with Crippen molar-refractivity contribution in [1.82, 2.24) is 0 Å². The number of alkyl halides is 2. The summed E-state index contributed by atoms with van der Waals surface area (Å²) < 4.78 is 6.05. The Bertz CT molecular complexity index is 128. The fraction of sp³-hybridized carbons (Fsp3) is 1.00. The van der Waals surface area contributed by atoms with Gasteiger partial charge >= 0.3 is 0 Å². The van der Waals surface area contributed by atoms with Crippen LogP contribution in [0.4, 0.5) is 0 Å². The fourth-order valence-electron chi connectivity index (χ4n) is 1.31. The quantitative estimate of drug-likeness (QED) is 0.670. The van der Waals surface area contributed by atoms with E-state index in [2.05, 4.69) is 59.6 Å². The fourth-order valence-corrected chi connectivity index (χ4v) is 3.21. The molecule has 0 saturated heterocycles. The second-order valence-electron chi connectivity index (χ2n) is 4.50. The zero-order chi connectivity index (χ0) is 10.5. The van der Waals surface area contributed by atoms with Gasteiger partial charge in [0.15, 0.2) is 0 Å². The third-order valence-electron chi connectivity index (χ3n) is 1.95. The van der Waals surface area contributed by atoms with Crippen molar-refractivity contribution in [3.63, 3.8) is 0 Å². The topological polar surface area (TPSA) is 9.23 Å². The maximum Gasteiger partial charge on any atom is 0.0641 e. The van der Waals surface area contributed by atoms with Crippen LogP contribution < -0.4 is 0 Å². The van der Waals surface area contributed by atoms with Gasteiger partial charge in [0.1, 0.15) is 0 Å². The van der Waals surface area contributed by atoms with E-state index in [1.807, 2.05) is 0 Å². The van der Waals surface area contributed by atoms with Crippen LogP contribution in [0.1, 0.15) is 40.5 Å². The first kappa shape index (κ1) is 13.9. The number of ether oxygens (including phenoxy) is 1. The summed E-state index contributed by atoms with van der Waals surface area (Å²) in [5, 5.41) is 1.98. The van der Waals surface area contributed by atoms with Gasteiger partial charge in [0.05, 0.1) is 11.2 Å². The molecular formula is C10H20Br2O. The summed E-state index contributed by atoms with van der Waals surface area (Å²) in [5.41, 5.74) is -0.0651. The van der Waals surface area contributed by atoms with Gasteiger partial charge in [-0.1, -0.05) is 31.9 Å².